The fraction of sp³-hybridized carbons (Fsp3) is 0.118. The molecule has 0 aliphatic heterocycles. The van der Waals surface area contributed by atoms with E-state index in [1.807, 2.05) is 0 Å². The lowest BCUT2D eigenvalue weighted by Gasteiger charge is -2.05. The molecule has 0 fully saturated rings. The van der Waals surface area contributed by atoms with Gasteiger partial charge in [-0.1, -0.05) is 43.3 Å². The number of hydrogen-bond acceptors (Lipinski definition) is 1. The van der Waals surface area contributed by atoms with Gasteiger partial charge in [0.25, 0.3) is 0 Å². The predicted octanol–water partition coefficient (Wildman–Crippen LogP) is 4.43. The van der Waals surface area contributed by atoms with Crippen molar-refractivity contribution < 1.29 is 0 Å². The highest BCUT2D eigenvalue weighted by atomic mass is 14.8. The summed E-state index contributed by atoms with van der Waals surface area (Å²) in [7, 11) is 0. The van der Waals surface area contributed by atoms with E-state index in [9.17, 15) is 0 Å². The second-order valence-corrected chi connectivity index (χ2v) is 4.86. The first-order valence-electron chi connectivity index (χ1n) is 6.66. The van der Waals surface area contributed by atoms with Gasteiger partial charge in [0.15, 0.2) is 0 Å². The van der Waals surface area contributed by atoms with E-state index in [1.54, 1.807) is 0 Å². The Kier molecular flexibility index (Phi) is 2.12. The summed E-state index contributed by atoms with van der Waals surface area (Å²) in [6, 6.07) is 16.8. The van der Waals surface area contributed by atoms with Gasteiger partial charge in [-0.25, -0.2) is 4.98 Å². The molecule has 4 aromatic rings. The summed E-state index contributed by atoms with van der Waals surface area (Å²) < 4.78 is 0. The summed E-state index contributed by atoms with van der Waals surface area (Å²) >= 11 is 0. The number of fused-ring (bicyclic) bond motifs is 4. The molecule has 92 valence electrons. The van der Waals surface area contributed by atoms with Gasteiger partial charge < -0.3 is 4.98 Å². The van der Waals surface area contributed by atoms with E-state index >= 15 is 0 Å². The van der Waals surface area contributed by atoms with E-state index in [-0.39, 0.29) is 0 Å². The maximum Gasteiger partial charge on any atom is 0.0968 e. The highest BCUT2D eigenvalue weighted by Crippen LogP contribution is 2.30. The van der Waals surface area contributed by atoms with Crippen LogP contribution >= 0.6 is 0 Å². The zero-order chi connectivity index (χ0) is 12.8. The topological polar surface area (TPSA) is 28.7 Å². The summed E-state index contributed by atoms with van der Waals surface area (Å²) in [5.41, 5.74) is 5.87. The SMILES string of the molecule is CCc1c2ccccc2nc2c1[nH]c1ccccc12. The lowest BCUT2D eigenvalue weighted by atomic mass is 10.0. The number of aromatic nitrogens is 2. The van der Waals surface area contributed by atoms with Crippen molar-refractivity contribution in [1.29, 1.82) is 0 Å². The molecule has 4 rings (SSSR count). The largest absolute Gasteiger partial charge is 0.353 e. The third-order valence-electron chi connectivity index (χ3n) is 3.80. The molecule has 1 N–H and O–H groups in total. The number of aryl methyl sites for hydroxylation is 1. The maximum absolute atomic E-state index is 4.84. The van der Waals surface area contributed by atoms with Crippen LogP contribution in [0.1, 0.15) is 12.5 Å². The minimum absolute atomic E-state index is 1.01. The minimum atomic E-state index is 1.01. The fourth-order valence-electron chi connectivity index (χ4n) is 2.91. The Hall–Kier alpha value is -2.35. The predicted molar refractivity (Wildman–Crippen MR) is 80.5 cm³/mol. The van der Waals surface area contributed by atoms with E-state index in [4.69, 9.17) is 4.98 Å². The summed E-state index contributed by atoms with van der Waals surface area (Å²) in [4.78, 5) is 8.37. The van der Waals surface area contributed by atoms with Crippen LogP contribution in [0.2, 0.25) is 0 Å². The van der Waals surface area contributed by atoms with Crippen LogP contribution < -0.4 is 0 Å². The molecule has 2 aromatic carbocycles. The number of para-hydroxylation sites is 2. The van der Waals surface area contributed by atoms with Gasteiger partial charge in [-0.3, -0.25) is 0 Å². The van der Waals surface area contributed by atoms with Crippen molar-refractivity contribution in [2.45, 2.75) is 13.3 Å². The van der Waals surface area contributed by atoms with Crippen molar-refractivity contribution >= 4 is 32.8 Å². The van der Waals surface area contributed by atoms with Crippen molar-refractivity contribution in [3.63, 3.8) is 0 Å². The molecule has 0 spiro atoms. The molecular weight excluding hydrogens is 232 g/mol. The number of H-pyrrole nitrogens is 1. The van der Waals surface area contributed by atoms with E-state index in [0.29, 0.717) is 0 Å². The Bertz CT molecular complexity index is 903. The second-order valence-electron chi connectivity index (χ2n) is 4.86. The molecule has 0 aliphatic carbocycles. The Labute approximate surface area is 111 Å². The number of pyridine rings is 1. The third kappa shape index (κ3) is 1.40. The average molecular weight is 246 g/mol. The van der Waals surface area contributed by atoms with E-state index in [1.165, 1.54) is 21.9 Å². The number of aromatic amines is 1. The Morgan fingerprint density at radius 2 is 1.68 bits per heavy atom. The first kappa shape index (κ1) is 10.6. The normalized spacial score (nSPS) is 11.6. The van der Waals surface area contributed by atoms with E-state index in [2.05, 4.69) is 60.4 Å². The lowest BCUT2D eigenvalue weighted by molar-refractivity contribution is 1.16. The van der Waals surface area contributed by atoms with Gasteiger partial charge >= 0.3 is 0 Å². The number of nitrogens with one attached hydrogen (secondary N) is 1. The lowest BCUT2D eigenvalue weighted by Crippen LogP contribution is -1.89. The Balaban J connectivity index is 2.31. The highest BCUT2D eigenvalue weighted by molar-refractivity contribution is 6.10. The molecule has 0 amide bonds. The molecule has 0 saturated carbocycles. The van der Waals surface area contributed by atoms with Gasteiger partial charge in [-0.05, 0) is 24.1 Å². The standard InChI is InChI=1S/C17H14N2/c1-2-11-12-7-3-5-9-14(12)18-17-13-8-4-6-10-15(13)19-16(11)17/h3-10,19H,2H2,1H3. The molecule has 2 aromatic heterocycles. The minimum Gasteiger partial charge on any atom is -0.353 e. The second kappa shape index (κ2) is 3.82. The quantitative estimate of drug-likeness (QED) is 0.528. The summed E-state index contributed by atoms with van der Waals surface area (Å²) in [6.45, 7) is 2.20. The van der Waals surface area contributed by atoms with E-state index < -0.39 is 0 Å². The van der Waals surface area contributed by atoms with Crippen LogP contribution in [-0.2, 0) is 6.42 Å². The van der Waals surface area contributed by atoms with E-state index in [0.717, 1.165) is 23.0 Å². The zero-order valence-corrected chi connectivity index (χ0v) is 10.8. The van der Waals surface area contributed by atoms with Gasteiger partial charge in [-0.2, -0.15) is 0 Å². The fourth-order valence-corrected chi connectivity index (χ4v) is 2.91. The highest BCUT2D eigenvalue weighted by Gasteiger charge is 2.11. The molecule has 0 saturated heterocycles. The number of rotatable bonds is 1. The molecule has 0 unspecified atom stereocenters. The first-order valence-corrected chi connectivity index (χ1v) is 6.66. The summed E-state index contributed by atoms with van der Waals surface area (Å²) in [5, 5.41) is 2.46. The molecule has 19 heavy (non-hydrogen) atoms. The third-order valence-corrected chi connectivity index (χ3v) is 3.80. The Morgan fingerprint density at radius 1 is 0.947 bits per heavy atom. The van der Waals surface area contributed by atoms with Crippen molar-refractivity contribution in [3.8, 4) is 0 Å². The van der Waals surface area contributed by atoms with Crippen molar-refractivity contribution in [2.75, 3.05) is 0 Å². The van der Waals surface area contributed by atoms with Crippen molar-refractivity contribution in [3.05, 3.63) is 54.1 Å². The van der Waals surface area contributed by atoms with Crippen LogP contribution in [0.4, 0.5) is 0 Å². The smallest absolute Gasteiger partial charge is 0.0968 e. The molecule has 2 heterocycles. The van der Waals surface area contributed by atoms with Crippen molar-refractivity contribution in [1.82, 2.24) is 9.97 Å². The first-order chi connectivity index (χ1) is 9.38. The molecule has 0 radical (unpaired) electrons. The monoisotopic (exact) mass is 246 g/mol. The van der Waals surface area contributed by atoms with Gasteiger partial charge in [0.2, 0.25) is 0 Å². The van der Waals surface area contributed by atoms with Gasteiger partial charge in [0.05, 0.1) is 16.6 Å². The number of hydrogen-bond donors (Lipinski definition) is 1. The van der Waals surface area contributed by atoms with Gasteiger partial charge in [0, 0.05) is 16.3 Å². The van der Waals surface area contributed by atoms with Crippen molar-refractivity contribution in [2.24, 2.45) is 0 Å². The van der Waals surface area contributed by atoms with Crippen LogP contribution in [-0.4, -0.2) is 9.97 Å². The summed E-state index contributed by atoms with van der Waals surface area (Å²) in [6.07, 6.45) is 1.01. The van der Waals surface area contributed by atoms with Crippen LogP contribution in [0.25, 0.3) is 32.8 Å². The molecular formula is C17H14N2. The number of benzene rings is 2. The summed E-state index contributed by atoms with van der Waals surface area (Å²) in [5.74, 6) is 0. The molecule has 0 atom stereocenters. The molecule has 0 aliphatic rings. The number of nitrogens with zero attached hydrogens (tertiary/aromatic N) is 1. The van der Waals surface area contributed by atoms with Crippen LogP contribution in [0.15, 0.2) is 48.5 Å². The van der Waals surface area contributed by atoms with Gasteiger partial charge in [-0.15, -0.1) is 0 Å². The zero-order valence-electron chi connectivity index (χ0n) is 10.8. The maximum atomic E-state index is 4.84. The molecule has 2 nitrogen and oxygen atoms in total. The van der Waals surface area contributed by atoms with Crippen LogP contribution in [0.5, 0.6) is 0 Å². The van der Waals surface area contributed by atoms with Crippen LogP contribution in [0.3, 0.4) is 0 Å². The molecule has 0 bridgehead atoms. The average Bonchev–Trinajstić information content (AvgIpc) is 2.83. The molecule has 2 heteroatoms. The van der Waals surface area contributed by atoms with Gasteiger partial charge in [0.1, 0.15) is 0 Å². The Morgan fingerprint density at radius 3 is 2.53 bits per heavy atom. The van der Waals surface area contributed by atoms with Crippen LogP contribution in [0, 0.1) is 0 Å².